The lowest BCUT2D eigenvalue weighted by atomic mass is 9.76. The Morgan fingerprint density at radius 1 is 1.07 bits per heavy atom. The molecule has 2 rings (SSSR count). The van der Waals surface area contributed by atoms with E-state index in [0.29, 0.717) is 11.2 Å². The summed E-state index contributed by atoms with van der Waals surface area (Å²) in [5, 5.41) is 20.4. The molecule has 0 bridgehead atoms. The summed E-state index contributed by atoms with van der Waals surface area (Å²) in [5.74, 6) is 0.490. The maximum absolute atomic E-state index is 9.31. The van der Waals surface area contributed by atoms with Crippen molar-refractivity contribution >= 4 is 23.4 Å². The van der Waals surface area contributed by atoms with Crippen LogP contribution in [0.3, 0.4) is 0 Å². The quantitative estimate of drug-likeness (QED) is 0.698. The Labute approximate surface area is 88.1 Å². The van der Waals surface area contributed by atoms with E-state index < -0.39 is 7.12 Å². The van der Waals surface area contributed by atoms with E-state index >= 15 is 0 Å². The molecule has 0 spiro atoms. The van der Waals surface area contributed by atoms with Crippen LogP contribution in [0.5, 0.6) is 5.75 Å². The molecule has 0 fully saturated rings. The van der Waals surface area contributed by atoms with Crippen LogP contribution >= 0.6 is 0 Å². The van der Waals surface area contributed by atoms with Crippen LogP contribution in [-0.2, 0) is 0 Å². The lowest BCUT2D eigenvalue weighted by molar-refractivity contribution is 0.404. The Morgan fingerprint density at radius 2 is 1.80 bits per heavy atom. The predicted molar refractivity (Wildman–Crippen MR) is 60.3 cm³/mol. The Bertz CT molecular complexity index is 482. The molecule has 0 saturated carbocycles. The Kier molecular flexibility index (Phi) is 2.62. The van der Waals surface area contributed by atoms with Gasteiger partial charge in [-0.2, -0.15) is 0 Å². The summed E-state index contributed by atoms with van der Waals surface area (Å²) in [6, 6.07) is 11.1. The topological polar surface area (TPSA) is 49.7 Å². The molecule has 2 aromatic carbocycles. The molecular weight excluding hydrogens is 191 g/mol. The summed E-state index contributed by atoms with van der Waals surface area (Å²) in [6.45, 7) is 0. The highest BCUT2D eigenvalue weighted by atomic mass is 16.5. The van der Waals surface area contributed by atoms with Gasteiger partial charge in [-0.05, 0) is 16.8 Å². The van der Waals surface area contributed by atoms with Gasteiger partial charge in [0.15, 0.2) is 0 Å². The molecule has 0 aromatic heterocycles. The first-order valence-corrected chi connectivity index (χ1v) is 4.66. The molecule has 0 radical (unpaired) electrons. The highest BCUT2D eigenvalue weighted by Gasteiger charge is 2.19. The number of methoxy groups -OCH3 is 1. The average Bonchev–Trinajstić information content (AvgIpc) is 2.27. The highest BCUT2D eigenvalue weighted by Crippen LogP contribution is 2.18. The fraction of sp³-hybridized carbons (Fsp3) is 0.0909. The van der Waals surface area contributed by atoms with Crippen LogP contribution in [0.1, 0.15) is 0 Å². The second kappa shape index (κ2) is 3.92. The lowest BCUT2D eigenvalue weighted by Crippen LogP contribution is -2.31. The van der Waals surface area contributed by atoms with Crippen molar-refractivity contribution in [1.82, 2.24) is 0 Å². The molecule has 0 amide bonds. The van der Waals surface area contributed by atoms with E-state index in [4.69, 9.17) is 4.74 Å². The lowest BCUT2D eigenvalue weighted by Gasteiger charge is -2.10. The summed E-state index contributed by atoms with van der Waals surface area (Å²) >= 11 is 0. The summed E-state index contributed by atoms with van der Waals surface area (Å²) in [4.78, 5) is 0. The van der Waals surface area contributed by atoms with E-state index in [2.05, 4.69) is 0 Å². The van der Waals surface area contributed by atoms with Crippen LogP contribution in [-0.4, -0.2) is 24.3 Å². The molecule has 0 saturated heterocycles. The Hall–Kier alpha value is -1.52. The fourth-order valence-electron chi connectivity index (χ4n) is 1.72. The molecule has 2 aromatic rings. The number of rotatable bonds is 2. The zero-order chi connectivity index (χ0) is 10.8. The fourth-order valence-corrected chi connectivity index (χ4v) is 1.72. The number of hydrogen-bond donors (Lipinski definition) is 2. The maximum Gasteiger partial charge on any atom is 0.492 e. The van der Waals surface area contributed by atoms with E-state index in [1.54, 1.807) is 6.07 Å². The van der Waals surface area contributed by atoms with Crippen LogP contribution in [0, 0.1) is 0 Å². The summed E-state index contributed by atoms with van der Waals surface area (Å²) < 4.78 is 5.09. The zero-order valence-corrected chi connectivity index (χ0v) is 8.34. The molecule has 0 aliphatic rings. The maximum atomic E-state index is 9.31. The minimum atomic E-state index is -1.52. The standard InChI is InChI=1S/C11H11BO3/c1-15-10-7-6-8-4-2-3-5-9(8)11(10)12(13)14/h2-7,13-14H,1H3. The second-order valence-electron chi connectivity index (χ2n) is 3.28. The van der Waals surface area contributed by atoms with Gasteiger partial charge in [0.2, 0.25) is 0 Å². The molecule has 4 heteroatoms. The summed E-state index contributed by atoms with van der Waals surface area (Å²) in [6.07, 6.45) is 0. The first-order chi connectivity index (χ1) is 7.24. The van der Waals surface area contributed by atoms with Crippen LogP contribution < -0.4 is 10.2 Å². The van der Waals surface area contributed by atoms with Gasteiger partial charge < -0.3 is 14.8 Å². The third-order valence-corrected chi connectivity index (χ3v) is 2.41. The van der Waals surface area contributed by atoms with Gasteiger partial charge in [0, 0.05) is 5.46 Å². The third kappa shape index (κ3) is 1.69. The number of ether oxygens (including phenoxy) is 1. The van der Waals surface area contributed by atoms with Crippen molar-refractivity contribution in [2.45, 2.75) is 0 Å². The molecule has 3 nitrogen and oxygen atoms in total. The van der Waals surface area contributed by atoms with Gasteiger partial charge in [0.05, 0.1) is 7.11 Å². The average molecular weight is 202 g/mol. The molecule has 0 aliphatic carbocycles. The normalized spacial score (nSPS) is 10.3. The molecule has 0 unspecified atom stereocenters. The molecular formula is C11H11BO3. The van der Waals surface area contributed by atoms with Gasteiger partial charge in [-0.3, -0.25) is 0 Å². The SMILES string of the molecule is COc1ccc2ccccc2c1B(O)O. The zero-order valence-electron chi connectivity index (χ0n) is 8.34. The van der Waals surface area contributed by atoms with Crippen LogP contribution in [0.25, 0.3) is 10.8 Å². The Balaban J connectivity index is 2.79. The second-order valence-corrected chi connectivity index (χ2v) is 3.28. The molecule has 2 N–H and O–H groups in total. The van der Waals surface area contributed by atoms with E-state index in [-0.39, 0.29) is 0 Å². The largest absolute Gasteiger partial charge is 0.497 e. The van der Waals surface area contributed by atoms with Crippen LogP contribution in [0.2, 0.25) is 0 Å². The van der Waals surface area contributed by atoms with Crippen molar-refractivity contribution in [2.75, 3.05) is 7.11 Å². The van der Waals surface area contributed by atoms with Gasteiger partial charge in [0.25, 0.3) is 0 Å². The summed E-state index contributed by atoms with van der Waals surface area (Å²) in [7, 11) is -0.0123. The number of hydrogen-bond acceptors (Lipinski definition) is 3. The van der Waals surface area contributed by atoms with Crippen molar-refractivity contribution in [2.24, 2.45) is 0 Å². The van der Waals surface area contributed by atoms with E-state index in [9.17, 15) is 10.0 Å². The van der Waals surface area contributed by atoms with E-state index in [1.807, 2.05) is 30.3 Å². The monoisotopic (exact) mass is 202 g/mol. The number of fused-ring (bicyclic) bond motifs is 1. The van der Waals surface area contributed by atoms with E-state index in [0.717, 1.165) is 10.8 Å². The third-order valence-electron chi connectivity index (χ3n) is 2.41. The summed E-state index contributed by atoms with van der Waals surface area (Å²) in [5.41, 5.74) is 0.413. The van der Waals surface area contributed by atoms with Gasteiger partial charge in [0.1, 0.15) is 5.75 Å². The predicted octanol–water partition coefficient (Wildman–Crippen LogP) is 0.528. The van der Waals surface area contributed by atoms with Gasteiger partial charge >= 0.3 is 7.12 Å². The van der Waals surface area contributed by atoms with Crippen LogP contribution in [0.4, 0.5) is 0 Å². The van der Waals surface area contributed by atoms with Crippen molar-refractivity contribution in [3.63, 3.8) is 0 Å². The molecule has 0 atom stereocenters. The molecule has 0 heterocycles. The van der Waals surface area contributed by atoms with Crippen molar-refractivity contribution in [3.05, 3.63) is 36.4 Å². The highest BCUT2D eigenvalue weighted by molar-refractivity contribution is 6.63. The van der Waals surface area contributed by atoms with Gasteiger partial charge in [-0.15, -0.1) is 0 Å². The van der Waals surface area contributed by atoms with Crippen molar-refractivity contribution in [3.8, 4) is 5.75 Å². The molecule has 76 valence electrons. The van der Waals surface area contributed by atoms with Gasteiger partial charge in [-0.25, -0.2) is 0 Å². The minimum absolute atomic E-state index is 0.413. The first kappa shape index (κ1) is 10.0. The van der Waals surface area contributed by atoms with Crippen molar-refractivity contribution < 1.29 is 14.8 Å². The molecule has 15 heavy (non-hydrogen) atoms. The van der Waals surface area contributed by atoms with Gasteiger partial charge in [-0.1, -0.05) is 30.3 Å². The van der Waals surface area contributed by atoms with E-state index in [1.165, 1.54) is 7.11 Å². The molecule has 0 aliphatic heterocycles. The number of benzene rings is 2. The van der Waals surface area contributed by atoms with Crippen molar-refractivity contribution in [1.29, 1.82) is 0 Å². The Morgan fingerprint density at radius 3 is 2.47 bits per heavy atom. The van der Waals surface area contributed by atoms with Crippen LogP contribution in [0.15, 0.2) is 36.4 Å². The minimum Gasteiger partial charge on any atom is -0.497 e. The smallest absolute Gasteiger partial charge is 0.492 e. The first-order valence-electron chi connectivity index (χ1n) is 4.66.